The van der Waals surface area contributed by atoms with Gasteiger partial charge in [0.2, 0.25) is 10.0 Å². The minimum atomic E-state index is -3.43. The predicted octanol–water partition coefficient (Wildman–Crippen LogP) is 1.72. The molecule has 0 saturated carbocycles. The van der Waals surface area contributed by atoms with Crippen LogP contribution >= 0.6 is 11.5 Å². The summed E-state index contributed by atoms with van der Waals surface area (Å²) in [5.41, 5.74) is 1.30. The standard InChI is InChI=1S/C12H14N4O3S2/c1-3-8-11(20-16-14-8)12(17)13-9-6-4-5-7-10(9)15-21(2,18)19/h4-7,15H,3H2,1-2H3,(H,13,17). The van der Waals surface area contributed by atoms with Crippen molar-refractivity contribution in [1.29, 1.82) is 0 Å². The molecule has 112 valence electrons. The van der Waals surface area contributed by atoms with E-state index in [4.69, 9.17) is 0 Å². The van der Waals surface area contributed by atoms with Crippen LogP contribution in [0.3, 0.4) is 0 Å². The molecule has 1 heterocycles. The monoisotopic (exact) mass is 326 g/mol. The van der Waals surface area contributed by atoms with Gasteiger partial charge in [-0.15, -0.1) is 5.10 Å². The number of hydrogen-bond acceptors (Lipinski definition) is 6. The van der Waals surface area contributed by atoms with Crippen molar-refractivity contribution in [2.75, 3.05) is 16.3 Å². The Bertz CT molecular complexity index is 755. The number of carbonyl (C=O) groups is 1. The van der Waals surface area contributed by atoms with Gasteiger partial charge >= 0.3 is 0 Å². The lowest BCUT2D eigenvalue weighted by Gasteiger charge is -2.11. The number of anilines is 2. The number of nitrogens with one attached hydrogen (secondary N) is 2. The number of para-hydroxylation sites is 2. The number of carbonyl (C=O) groups excluding carboxylic acids is 1. The maximum Gasteiger partial charge on any atom is 0.269 e. The predicted molar refractivity (Wildman–Crippen MR) is 82.1 cm³/mol. The van der Waals surface area contributed by atoms with E-state index in [0.717, 1.165) is 17.8 Å². The van der Waals surface area contributed by atoms with Gasteiger partial charge in [-0.1, -0.05) is 23.5 Å². The maximum absolute atomic E-state index is 12.2. The van der Waals surface area contributed by atoms with Gasteiger partial charge in [0.05, 0.1) is 23.3 Å². The van der Waals surface area contributed by atoms with E-state index in [-0.39, 0.29) is 5.91 Å². The smallest absolute Gasteiger partial charge is 0.269 e. The number of hydrogen-bond donors (Lipinski definition) is 2. The number of rotatable bonds is 5. The topological polar surface area (TPSA) is 101 Å². The van der Waals surface area contributed by atoms with Gasteiger partial charge < -0.3 is 5.32 Å². The second kappa shape index (κ2) is 6.19. The lowest BCUT2D eigenvalue weighted by Crippen LogP contribution is -2.16. The Morgan fingerprint density at radius 2 is 1.95 bits per heavy atom. The van der Waals surface area contributed by atoms with Crippen molar-refractivity contribution in [3.05, 3.63) is 34.8 Å². The maximum atomic E-state index is 12.2. The van der Waals surface area contributed by atoms with Crippen molar-refractivity contribution < 1.29 is 13.2 Å². The molecule has 21 heavy (non-hydrogen) atoms. The van der Waals surface area contributed by atoms with Crippen LogP contribution < -0.4 is 10.0 Å². The second-order valence-electron chi connectivity index (χ2n) is 4.28. The molecular formula is C12H14N4O3S2. The van der Waals surface area contributed by atoms with Crippen LogP contribution in [0.1, 0.15) is 22.3 Å². The molecule has 1 aromatic heterocycles. The molecule has 7 nitrogen and oxygen atoms in total. The van der Waals surface area contributed by atoms with Gasteiger partial charge in [-0.25, -0.2) is 8.42 Å². The van der Waals surface area contributed by atoms with Crippen molar-refractivity contribution in [3.8, 4) is 0 Å². The highest BCUT2D eigenvalue weighted by molar-refractivity contribution is 7.92. The lowest BCUT2D eigenvalue weighted by molar-refractivity contribution is 0.102. The minimum Gasteiger partial charge on any atom is -0.319 e. The fraction of sp³-hybridized carbons (Fsp3) is 0.250. The van der Waals surface area contributed by atoms with Gasteiger partial charge in [0.25, 0.3) is 5.91 Å². The Kier molecular flexibility index (Phi) is 4.53. The summed E-state index contributed by atoms with van der Waals surface area (Å²) >= 11 is 1.01. The molecule has 0 aliphatic heterocycles. The van der Waals surface area contributed by atoms with Gasteiger partial charge in [0, 0.05) is 0 Å². The molecular weight excluding hydrogens is 312 g/mol. The number of amides is 1. The SMILES string of the molecule is CCc1nnsc1C(=O)Nc1ccccc1NS(C)(=O)=O. The van der Waals surface area contributed by atoms with Crippen molar-refractivity contribution >= 4 is 38.8 Å². The van der Waals surface area contributed by atoms with E-state index < -0.39 is 10.0 Å². The molecule has 1 aromatic carbocycles. The number of nitrogens with zero attached hydrogens (tertiary/aromatic N) is 2. The summed E-state index contributed by atoms with van der Waals surface area (Å²) in [6.45, 7) is 1.88. The molecule has 2 rings (SSSR count). The largest absolute Gasteiger partial charge is 0.319 e. The zero-order chi connectivity index (χ0) is 15.5. The lowest BCUT2D eigenvalue weighted by atomic mass is 10.2. The van der Waals surface area contributed by atoms with Crippen LogP contribution in [0.15, 0.2) is 24.3 Å². The minimum absolute atomic E-state index is 0.309. The molecule has 9 heteroatoms. The van der Waals surface area contributed by atoms with Crippen LogP contribution in [-0.2, 0) is 16.4 Å². The zero-order valence-electron chi connectivity index (χ0n) is 11.5. The van der Waals surface area contributed by atoms with Crippen molar-refractivity contribution in [2.24, 2.45) is 0 Å². The Morgan fingerprint density at radius 1 is 1.29 bits per heavy atom. The summed E-state index contributed by atoms with van der Waals surface area (Å²) in [7, 11) is -3.43. The average Bonchev–Trinajstić information content (AvgIpc) is 2.87. The van der Waals surface area contributed by atoms with Crippen LogP contribution in [0.25, 0.3) is 0 Å². The van der Waals surface area contributed by atoms with E-state index in [1.54, 1.807) is 24.3 Å². The number of sulfonamides is 1. The molecule has 0 saturated heterocycles. The van der Waals surface area contributed by atoms with Gasteiger partial charge in [-0.05, 0) is 30.1 Å². The summed E-state index contributed by atoms with van der Waals surface area (Å²) < 4.78 is 28.8. The number of aryl methyl sites for hydroxylation is 1. The fourth-order valence-corrected chi connectivity index (χ4v) is 2.90. The molecule has 0 atom stereocenters. The molecule has 0 fully saturated rings. The normalized spacial score (nSPS) is 11.1. The summed E-state index contributed by atoms with van der Waals surface area (Å²) in [6, 6.07) is 6.57. The van der Waals surface area contributed by atoms with E-state index in [1.807, 2.05) is 6.92 Å². The molecule has 0 unspecified atom stereocenters. The van der Waals surface area contributed by atoms with Crippen LogP contribution in [0.5, 0.6) is 0 Å². The first-order valence-corrected chi connectivity index (χ1v) is 8.76. The van der Waals surface area contributed by atoms with Gasteiger partial charge in [-0.2, -0.15) is 0 Å². The van der Waals surface area contributed by atoms with Crippen LogP contribution in [0.2, 0.25) is 0 Å². The number of benzene rings is 1. The van der Waals surface area contributed by atoms with E-state index in [1.165, 1.54) is 0 Å². The first kappa shape index (κ1) is 15.4. The fourth-order valence-electron chi connectivity index (χ4n) is 1.67. The zero-order valence-corrected chi connectivity index (χ0v) is 13.1. The van der Waals surface area contributed by atoms with E-state index in [0.29, 0.717) is 28.4 Å². The molecule has 0 bridgehead atoms. The van der Waals surface area contributed by atoms with Crippen LogP contribution in [0, 0.1) is 0 Å². The Balaban J connectivity index is 2.26. The summed E-state index contributed by atoms with van der Waals surface area (Å²) in [6.07, 6.45) is 1.65. The third kappa shape index (κ3) is 3.99. The van der Waals surface area contributed by atoms with E-state index in [9.17, 15) is 13.2 Å². The molecule has 2 N–H and O–H groups in total. The third-order valence-corrected chi connectivity index (χ3v) is 3.93. The molecule has 0 radical (unpaired) electrons. The molecule has 1 amide bonds. The molecule has 0 spiro atoms. The van der Waals surface area contributed by atoms with Gasteiger partial charge in [-0.3, -0.25) is 9.52 Å². The first-order chi connectivity index (χ1) is 9.90. The summed E-state index contributed by atoms with van der Waals surface area (Å²) in [5, 5.41) is 6.55. The Labute approximate surface area is 126 Å². The highest BCUT2D eigenvalue weighted by Gasteiger charge is 2.17. The van der Waals surface area contributed by atoms with Crippen LogP contribution in [0.4, 0.5) is 11.4 Å². The van der Waals surface area contributed by atoms with E-state index in [2.05, 4.69) is 19.6 Å². The van der Waals surface area contributed by atoms with Crippen molar-refractivity contribution in [1.82, 2.24) is 9.59 Å². The van der Waals surface area contributed by atoms with Gasteiger partial charge in [0.1, 0.15) is 4.88 Å². The Hall–Kier alpha value is -2.00. The third-order valence-electron chi connectivity index (χ3n) is 2.57. The average molecular weight is 326 g/mol. The molecule has 0 aliphatic carbocycles. The highest BCUT2D eigenvalue weighted by atomic mass is 32.2. The van der Waals surface area contributed by atoms with Crippen LogP contribution in [-0.4, -0.2) is 30.2 Å². The first-order valence-electron chi connectivity index (χ1n) is 6.10. The Morgan fingerprint density at radius 3 is 2.57 bits per heavy atom. The number of aromatic nitrogens is 2. The van der Waals surface area contributed by atoms with Crippen molar-refractivity contribution in [3.63, 3.8) is 0 Å². The molecule has 2 aromatic rings. The summed E-state index contributed by atoms with van der Waals surface area (Å²) in [4.78, 5) is 12.6. The quantitative estimate of drug-likeness (QED) is 0.871. The summed E-state index contributed by atoms with van der Waals surface area (Å²) in [5.74, 6) is -0.357. The van der Waals surface area contributed by atoms with E-state index >= 15 is 0 Å². The highest BCUT2D eigenvalue weighted by Crippen LogP contribution is 2.23. The molecule has 0 aliphatic rings. The second-order valence-corrected chi connectivity index (χ2v) is 6.78. The van der Waals surface area contributed by atoms with Gasteiger partial charge in [0.15, 0.2) is 0 Å². The van der Waals surface area contributed by atoms with Crippen molar-refractivity contribution in [2.45, 2.75) is 13.3 Å².